The van der Waals surface area contributed by atoms with Crippen molar-refractivity contribution >= 4 is 0 Å². The molecule has 9 nitrogen and oxygen atoms in total. The van der Waals surface area contributed by atoms with Crippen molar-refractivity contribution in [3.05, 3.63) is 65.9 Å². The van der Waals surface area contributed by atoms with Crippen molar-refractivity contribution in [3.8, 4) is 16.9 Å². The average Bonchev–Trinajstić information content (AvgIpc) is 3.28. The largest absolute Gasteiger partial charge is 0.394 e. The van der Waals surface area contributed by atoms with Crippen LogP contribution in [0.5, 0.6) is 0 Å². The Kier molecular flexibility index (Phi) is 6.15. The van der Waals surface area contributed by atoms with E-state index in [1.807, 2.05) is 36.4 Å². The molecule has 6 atom stereocenters. The van der Waals surface area contributed by atoms with Crippen molar-refractivity contribution in [2.24, 2.45) is 0 Å². The minimum atomic E-state index is -1.54. The smallest absolute Gasteiger partial charge is 0.117 e. The third-order valence-corrected chi connectivity index (χ3v) is 5.64. The zero-order valence-corrected chi connectivity index (χ0v) is 16.9. The Morgan fingerprint density at radius 1 is 1.03 bits per heavy atom. The Bertz CT molecular complexity index is 1030. The fourth-order valence-corrected chi connectivity index (χ4v) is 3.83. The van der Waals surface area contributed by atoms with Crippen LogP contribution in [0, 0.1) is 6.92 Å². The van der Waals surface area contributed by atoms with Gasteiger partial charge in [0.2, 0.25) is 0 Å². The molecule has 3 aromatic rings. The summed E-state index contributed by atoms with van der Waals surface area (Å²) in [6, 6.07) is 14.9. The fourth-order valence-electron chi connectivity index (χ4n) is 3.83. The van der Waals surface area contributed by atoms with E-state index in [0.29, 0.717) is 11.1 Å². The highest BCUT2D eigenvalue weighted by atomic mass is 16.6. The summed E-state index contributed by atoms with van der Waals surface area (Å²) in [5.74, 6) is 0. The molecule has 1 aliphatic rings. The molecule has 2 aromatic carbocycles. The molecule has 0 saturated carbocycles. The molecular formula is C22H25N3O6. The Morgan fingerprint density at radius 3 is 2.45 bits per heavy atom. The molecule has 9 heteroatoms. The van der Waals surface area contributed by atoms with Crippen molar-refractivity contribution in [1.29, 1.82) is 0 Å². The standard InChI is InChI=1S/C22H25N3O6/c1-12-9-14(25-10-16(23-24-25)13-5-3-2-4-6-13)7-8-15(12)18(27)22-21(30)20(29)19(28)17(11-26)31-22/h2-10,17-22,26-30H,11H2,1H3/t17?,18-,19-,20+,21?,22-/m1/s1. The van der Waals surface area contributed by atoms with Crippen LogP contribution in [-0.2, 0) is 4.74 Å². The normalized spacial score (nSPS) is 27.2. The van der Waals surface area contributed by atoms with Crippen molar-refractivity contribution < 1.29 is 30.3 Å². The van der Waals surface area contributed by atoms with Crippen LogP contribution in [0.2, 0.25) is 0 Å². The van der Waals surface area contributed by atoms with E-state index in [2.05, 4.69) is 10.3 Å². The first-order valence-corrected chi connectivity index (χ1v) is 9.98. The summed E-state index contributed by atoms with van der Waals surface area (Å²) in [7, 11) is 0. The first-order chi connectivity index (χ1) is 14.9. The first kappa shape index (κ1) is 21.6. The van der Waals surface area contributed by atoms with Crippen molar-refractivity contribution in [2.45, 2.75) is 43.5 Å². The van der Waals surface area contributed by atoms with Crippen LogP contribution in [-0.4, -0.2) is 77.7 Å². The second-order valence-corrected chi connectivity index (χ2v) is 7.69. The van der Waals surface area contributed by atoms with E-state index >= 15 is 0 Å². The number of hydrogen-bond donors (Lipinski definition) is 5. The van der Waals surface area contributed by atoms with Gasteiger partial charge in [0.25, 0.3) is 0 Å². The van der Waals surface area contributed by atoms with E-state index in [0.717, 1.165) is 16.9 Å². The number of aliphatic hydroxyl groups is 5. The number of rotatable bonds is 5. The quantitative estimate of drug-likeness (QED) is 0.387. The molecule has 1 aromatic heterocycles. The van der Waals surface area contributed by atoms with Crippen LogP contribution >= 0.6 is 0 Å². The lowest BCUT2D eigenvalue weighted by Crippen LogP contribution is -2.59. The highest BCUT2D eigenvalue weighted by Gasteiger charge is 2.46. The second-order valence-electron chi connectivity index (χ2n) is 7.69. The predicted octanol–water partition coefficient (Wildman–Crippen LogP) is 0.119. The maximum atomic E-state index is 10.8. The van der Waals surface area contributed by atoms with Crippen molar-refractivity contribution in [2.75, 3.05) is 6.61 Å². The first-order valence-electron chi connectivity index (χ1n) is 9.98. The van der Waals surface area contributed by atoms with Gasteiger partial charge in [-0.2, -0.15) is 0 Å². The minimum absolute atomic E-state index is 0.483. The Labute approximate surface area is 178 Å². The van der Waals surface area contributed by atoms with E-state index in [1.54, 1.807) is 29.9 Å². The lowest BCUT2D eigenvalue weighted by molar-refractivity contribution is -0.250. The lowest BCUT2D eigenvalue weighted by Gasteiger charge is -2.42. The summed E-state index contributed by atoms with van der Waals surface area (Å²) in [6.07, 6.45) is -6.31. The van der Waals surface area contributed by atoms with Gasteiger partial charge in [0, 0.05) is 5.56 Å². The Morgan fingerprint density at radius 2 is 1.77 bits per heavy atom. The van der Waals surface area contributed by atoms with E-state index in [1.165, 1.54) is 0 Å². The summed E-state index contributed by atoms with van der Waals surface area (Å²) in [4.78, 5) is 0. The van der Waals surface area contributed by atoms with Crippen LogP contribution in [0.25, 0.3) is 16.9 Å². The number of aliphatic hydroxyl groups excluding tert-OH is 5. The van der Waals surface area contributed by atoms with Crippen LogP contribution in [0.3, 0.4) is 0 Å². The third-order valence-electron chi connectivity index (χ3n) is 5.64. The summed E-state index contributed by atoms with van der Waals surface area (Å²) in [6.45, 7) is 1.24. The number of benzene rings is 2. The van der Waals surface area contributed by atoms with E-state index in [4.69, 9.17) is 4.74 Å². The molecule has 4 rings (SSSR count). The van der Waals surface area contributed by atoms with Gasteiger partial charge in [-0.1, -0.05) is 41.6 Å². The molecule has 2 heterocycles. The molecular weight excluding hydrogens is 402 g/mol. The maximum absolute atomic E-state index is 10.8. The van der Waals surface area contributed by atoms with Crippen molar-refractivity contribution in [3.63, 3.8) is 0 Å². The summed E-state index contributed by atoms with van der Waals surface area (Å²) < 4.78 is 7.11. The molecule has 1 aliphatic heterocycles. The molecule has 1 saturated heterocycles. The zero-order valence-electron chi connectivity index (χ0n) is 16.9. The van der Waals surface area contributed by atoms with Gasteiger partial charge in [-0.05, 0) is 30.2 Å². The highest BCUT2D eigenvalue weighted by molar-refractivity contribution is 5.58. The van der Waals surface area contributed by atoms with Crippen LogP contribution < -0.4 is 0 Å². The van der Waals surface area contributed by atoms with Gasteiger partial charge in [-0.25, -0.2) is 4.68 Å². The molecule has 0 aliphatic carbocycles. The van der Waals surface area contributed by atoms with Gasteiger partial charge in [-0.15, -0.1) is 5.10 Å². The van der Waals surface area contributed by atoms with Gasteiger partial charge in [0.1, 0.15) is 42.3 Å². The molecule has 5 N–H and O–H groups in total. The van der Waals surface area contributed by atoms with Gasteiger partial charge in [0.15, 0.2) is 0 Å². The summed E-state index contributed by atoms with van der Waals surface area (Å²) >= 11 is 0. The fraction of sp³-hybridized carbons (Fsp3) is 0.364. The molecule has 0 bridgehead atoms. The lowest BCUT2D eigenvalue weighted by atomic mass is 9.88. The monoisotopic (exact) mass is 427 g/mol. The molecule has 31 heavy (non-hydrogen) atoms. The minimum Gasteiger partial charge on any atom is -0.394 e. The molecule has 1 fully saturated rings. The van der Waals surface area contributed by atoms with E-state index < -0.39 is 43.2 Å². The summed E-state index contributed by atoms with van der Waals surface area (Å²) in [5, 5.41) is 58.8. The molecule has 0 spiro atoms. The number of nitrogens with zero attached hydrogens (tertiary/aromatic N) is 3. The van der Waals surface area contributed by atoms with Crippen molar-refractivity contribution in [1.82, 2.24) is 15.0 Å². The SMILES string of the molecule is Cc1cc(-n2cc(-c3ccccc3)nn2)ccc1[C@@H](O)[C@H]1OC(CO)[C@@H](O)[C@H](O)C1O. The van der Waals surface area contributed by atoms with Gasteiger partial charge < -0.3 is 30.3 Å². The van der Waals surface area contributed by atoms with Gasteiger partial charge >= 0.3 is 0 Å². The number of ether oxygens (including phenoxy) is 1. The molecule has 2 unspecified atom stereocenters. The molecule has 164 valence electrons. The summed E-state index contributed by atoms with van der Waals surface area (Å²) in [5.41, 5.74) is 3.59. The van der Waals surface area contributed by atoms with Crippen LogP contribution in [0.15, 0.2) is 54.7 Å². The van der Waals surface area contributed by atoms with E-state index in [9.17, 15) is 25.5 Å². The Balaban J connectivity index is 1.57. The molecule has 0 amide bonds. The molecule has 0 radical (unpaired) electrons. The van der Waals surface area contributed by atoms with Crippen LogP contribution in [0.4, 0.5) is 0 Å². The third kappa shape index (κ3) is 4.11. The Hall–Kier alpha value is -2.66. The maximum Gasteiger partial charge on any atom is 0.117 e. The zero-order chi connectivity index (χ0) is 22.1. The second kappa shape index (κ2) is 8.83. The topological polar surface area (TPSA) is 141 Å². The van der Waals surface area contributed by atoms with E-state index in [-0.39, 0.29) is 0 Å². The van der Waals surface area contributed by atoms with Gasteiger partial charge in [0.05, 0.1) is 18.5 Å². The number of aryl methyl sites for hydroxylation is 1. The van der Waals surface area contributed by atoms with Crippen LogP contribution in [0.1, 0.15) is 17.2 Å². The number of hydrogen-bond acceptors (Lipinski definition) is 8. The number of aromatic nitrogens is 3. The van der Waals surface area contributed by atoms with Gasteiger partial charge in [-0.3, -0.25) is 0 Å². The average molecular weight is 427 g/mol. The highest BCUT2D eigenvalue weighted by Crippen LogP contribution is 2.32. The predicted molar refractivity (Wildman–Crippen MR) is 110 cm³/mol.